The average molecular weight is 193 g/mol. The molecule has 0 aromatic heterocycles. The molecule has 0 N–H and O–H groups in total. The molecule has 0 saturated heterocycles. The lowest BCUT2D eigenvalue weighted by molar-refractivity contribution is 0.620. The monoisotopic (exact) mass is 192 g/mol. The van der Waals surface area contributed by atoms with Crippen LogP contribution < -0.4 is 0 Å². The van der Waals surface area contributed by atoms with Gasteiger partial charge in [-0.3, -0.25) is 0 Å². The first kappa shape index (κ1) is 9.48. The van der Waals surface area contributed by atoms with Gasteiger partial charge in [0.15, 0.2) is 0 Å². The Bertz CT molecular complexity index is 57.6. The van der Waals surface area contributed by atoms with Crippen molar-refractivity contribution in [1.29, 1.82) is 0 Å². The number of halogens is 1. The van der Waals surface area contributed by atoms with E-state index in [-0.39, 0.29) is 17.0 Å². The van der Waals surface area contributed by atoms with Gasteiger partial charge in [0.25, 0.3) is 0 Å². The average Bonchev–Trinajstić information content (AvgIpc) is 2.51. The van der Waals surface area contributed by atoms with Gasteiger partial charge in [-0.1, -0.05) is 45.4 Å². The van der Waals surface area contributed by atoms with E-state index in [0.29, 0.717) is 0 Å². The minimum atomic E-state index is 0. The van der Waals surface area contributed by atoms with Crippen molar-refractivity contribution in [2.75, 3.05) is 0 Å². The number of unbranched alkanes of at least 4 members (excludes halogenated alkanes) is 2. The third-order valence-corrected chi connectivity index (χ3v) is 1.91. The van der Waals surface area contributed by atoms with Crippen LogP contribution in [0.4, 0.5) is 0 Å². The molecule has 56 valence electrons. The van der Waals surface area contributed by atoms with Gasteiger partial charge in [0.2, 0.25) is 0 Å². The van der Waals surface area contributed by atoms with Gasteiger partial charge < -0.3 is 0 Å². The lowest BCUT2D eigenvalue weighted by atomic mass is 10.1. The molecule has 1 fully saturated rings. The molecular weight excluding hydrogens is 176 g/mol. The van der Waals surface area contributed by atoms with Crippen LogP contribution in [0, 0.1) is 5.92 Å². The molecule has 0 atom stereocenters. The van der Waals surface area contributed by atoms with Crippen molar-refractivity contribution in [3.05, 3.63) is 0 Å². The molecule has 0 heterocycles. The molecule has 0 aromatic carbocycles. The zero-order chi connectivity index (χ0) is 5.82. The highest BCUT2D eigenvalue weighted by molar-refractivity contribution is 8.93. The molecule has 1 aliphatic carbocycles. The molecule has 0 aromatic rings. The molecule has 0 amide bonds. The minimum absolute atomic E-state index is 0. The van der Waals surface area contributed by atoms with E-state index >= 15 is 0 Å². The van der Waals surface area contributed by atoms with E-state index in [4.69, 9.17) is 0 Å². The third-order valence-electron chi connectivity index (χ3n) is 1.91. The lowest BCUT2D eigenvalue weighted by Gasteiger charge is -1.92. The van der Waals surface area contributed by atoms with Gasteiger partial charge in [-0.2, -0.15) is 0 Å². The number of hydrogen-bond donors (Lipinski definition) is 0. The van der Waals surface area contributed by atoms with E-state index in [1.807, 2.05) is 0 Å². The van der Waals surface area contributed by atoms with Crippen LogP contribution in [0.5, 0.6) is 0 Å². The summed E-state index contributed by atoms with van der Waals surface area (Å²) >= 11 is 0. The SMILES string of the molecule is Br.CCCCCC1CC1. The van der Waals surface area contributed by atoms with E-state index in [1.165, 1.54) is 38.5 Å². The van der Waals surface area contributed by atoms with Gasteiger partial charge in [0.05, 0.1) is 0 Å². The zero-order valence-electron chi connectivity index (χ0n) is 6.23. The molecule has 0 radical (unpaired) electrons. The quantitative estimate of drug-likeness (QED) is 0.599. The highest BCUT2D eigenvalue weighted by Gasteiger charge is 2.19. The smallest absolute Gasteiger partial charge is 0.0414 e. The van der Waals surface area contributed by atoms with Crippen molar-refractivity contribution in [2.45, 2.75) is 45.4 Å². The number of rotatable bonds is 4. The van der Waals surface area contributed by atoms with Crippen molar-refractivity contribution in [3.8, 4) is 0 Å². The molecule has 0 aliphatic heterocycles. The van der Waals surface area contributed by atoms with Crippen LogP contribution in [0.3, 0.4) is 0 Å². The van der Waals surface area contributed by atoms with E-state index in [9.17, 15) is 0 Å². The van der Waals surface area contributed by atoms with Gasteiger partial charge in [0, 0.05) is 0 Å². The van der Waals surface area contributed by atoms with Crippen LogP contribution in [-0.2, 0) is 0 Å². The molecule has 0 spiro atoms. The first-order valence-corrected chi connectivity index (χ1v) is 3.93. The van der Waals surface area contributed by atoms with Crippen LogP contribution in [0.25, 0.3) is 0 Å². The van der Waals surface area contributed by atoms with E-state index in [1.54, 1.807) is 0 Å². The van der Waals surface area contributed by atoms with E-state index < -0.39 is 0 Å². The summed E-state index contributed by atoms with van der Waals surface area (Å²) in [6.45, 7) is 2.27. The van der Waals surface area contributed by atoms with E-state index in [2.05, 4.69) is 6.92 Å². The second-order valence-corrected chi connectivity index (χ2v) is 2.94. The fourth-order valence-electron chi connectivity index (χ4n) is 1.09. The normalized spacial score (nSPS) is 17.0. The van der Waals surface area contributed by atoms with Crippen LogP contribution in [0.1, 0.15) is 45.4 Å². The molecule has 1 heteroatoms. The molecule has 9 heavy (non-hydrogen) atoms. The van der Waals surface area contributed by atoms with Crippen molar-refractivity contribution >= 4 is 17.0 Å². The summed E-state index contributed by atoms with van der Waals surface area (Å²) in [5, 5.41) is 0. The van der Waals surface area contributed by atoms with Gasteiger partial charge in [-0.25, -0.2) is 0 Å². The Morgan fingerprint density at radius 2 is 1.89 bits per heavy atom. The van der Waals surface area contributed by atoms with Crippen LogP contribution >= 0.6 is 17.0 Å². The topological polar surface area (TPSA) is 0 Å². The highest BCUT2D eigenvalue weighted by atomic mass is 79.9. The first-order chi connectivity index (χ1) is 3.93. The van der Waals surface area contributed by atoms with Crippen molar-refractivity contribution in [2.24, 2.45) is 5.92 Å². The highest BCUT2D eigenvalue weighted by Crippen LogP contribution is 2.33. The first-order valence-electron chi connectivity index (χ1n) is 3.93. The summed E-state index contributed by atoms with van der Waals surface area (Å²) in [5.41, 5.74) is 0. The molecule has 1 aliphatic rings. The summed E-state index contributed by atoms with van der Waals surface area (Å²) in [4.78, 5) is 0. The maximum Gasteiger partial charge on any atom is -0.0414 e. The maximum atomic E-state index is 2.27. The molecule has 0 nitrogen and oxygen atoms in total. The maximum absolute atomic E-state index is 2.27. The largest absolute Gasteiger partial charge is 0.114 e. The Morgan fingerprint density at radius 3 is 2.33 bits per heavy atom. The fourth-order valence-corrected chi connectivity index (χ4v) is 1.09. The van der Waals surface area contributed by atoms with Gasteiger partial charge in [0.1, 0.15) is 0 Å². The Hall–Kier alpha value is 0.480. The van der Waals surface area contributed by atoms with Crippen LogP contribution in [0.2, 0.25) is 0 Å². The Morgan fingerprint density at radius 1 is 1.22 bits per heavy atom. The Kier molecular flexibility index (Phi) is 5.56. The van der Waals surface area contributed by atoms with Gasteiger partial charge in [-0.15, -0.1) is 17.0 Å². The predicted molar refractivity (Wildman–Crippen MR) is 47.2 cm³/mol. The van der Waals surface area contributed by atoms with E-state index in [0.717, 1.165) is 5.92 Å². The molecule has 0 unspecified atom stereocenters. The molecule has 1 saturated carbocycles. The second kappa shape index (κ2) is 5.28. The summed E-state index contributed by atoms with van der Waals surface area (Å²) in [6, 6.07) is 0. The second-order valence-electron chi connectivity index (χ2n) is 2.94. The summed E-state index contributed by atoms with van der Waals surface area (Å²) in [7, 11) is 0. The van der Waals surface area contributed by atoms with Crippen LogP contribution in [0.15, 0.2) is 0 Å². The molecular formula is C8H17Br. The Labute approximate surface area is 68.8 Å². The standard InChI is InChI=1S/C8H16.BrH/c1-2-3-4-5-8-6-7-8;/h8H,2-7H2,1H3;1H. The lowest BCUT2D eigenvalue weighted by Crippen LogP contribution is -1.75. The molecule has 1 rings (SSSR count). The summed E-state index contributed by atoms with van der Waals surface area (Å²) in [5.74, 6) is 1.15. The fraction of sp³-hybridized carbons (Fsp3) is 1.00. The van der Waals surface area contributed by atoms with Gasteiger partial charge in [-0.05, 0) is 5.92 Å². The van der Waals surface area contributed by atoms with Crippen LogP contribution in [-0.4, -0.2) is 0 Å². The summed E-state index contributed by atoms with van der Waals surface area (Å²) < 4.78 is 0. The third kappa shape index (κ3) is 4.95. The van der Waals surface area contributed by atoms with Gasteiger partial charge >= 0.3 is 0 Å². The minimum Gasteiger partial charge on any atom is -0.114 e. The zero-order valence-corrected chi connectivity index (χ0v) is 7.94. The molecule has 0 bridgehead atoms. The van der Waals surface area contributed by atoms with Crippen molar-refractivity contribution < 1.29 is 0 Å². The van der Waals surface area contributed by atoms with Crippen molar-refractivity contribution in [1.82, 2.24) is 0 Å². The summed E-state index contributed by atoms with van der Waals surface area (Å²) in [6.07, 6.45) is 8.91. The Balaban J connectivity index is 0.000000640. The van der Waals surface area contributed by atoms with Crippen molar-refractivity contribution in [3.63, 3.8) is 0 Å². The predicted octanol–water partition coefficient (Wildman–Crippen LogP) is 3.55. The number of hydrogen-bond acceptors (Lipinski definition) is 0.